The SMILES string of the molecule is CCNC1CC(C(C)(C)C)Oc2ccc(OC)cc21. The van der Waals surface area contributed by atoms with E-state index >= 15 is 0 Å². The van der Waals surface area contributed by atoms with E-state index in [-0.39, 0.29) is 11.5 Å². The van der Waals surface area contributed by atoms with Crippen molar-refractivity contribution in [3.05, 3.63) is 23.8 Å². The molecule has 0 bridgehead atoms. The number of rotatable bonds is 3. The van der Waals surface area contributed by atoms with E-state index in [1.54, 1.807) is 7.11 Å². The normalized spacial score (nSPS) is 22.6. The number of nitrogens with one attached hydrogen (secondary N) is 1. The van der Waals surface area contributed by atoms with Gasteiger partial charge in [-0.25, -0.2) is 0 Å². The molecular formula is C16H25NO2. The third-order valence-corrected chi connectivity index (χ3v) is 3.73. The predicted molar refractivity (Wildman–Crippen MR) is 77.9 cm³/mol. The van der Waals surface area contributed by atoms with Crippen LogP contribution in [0.15, 0.2) is 18.2 Å². The molecule has 3 heteroatoms. The molecule has 2 rings (SSSR count). The standard InChI is InChI=1S/C16H25NO2/c1-6-17-13-10-15(16(2,3)4)19-14-8-7-11(18-5)9-12(13)14/h7-9,13,15,17H,6,10H2,1-5H3. The molecule has 19 heavy (non-hydrogen) atoms. The predicted octanol–water partition coefficient (Wildman–Crippen LogP) is 3.54. The van der Waals surface area contributed by atoms with E-state index in [4.69, 9.17) is 9.47 Å². The fraction of sp³-hybridized carbons (Fsp3) is 0.625. The number of benzene rings is 1. The molecule has 1 N–H and O–H groups in total. The Morgan fingerprint density at radius 3 is 2.68 bits per heavy atom. The van der Waals surface area contributed by atoms with Crippen molar-refractivity contribution in [3.8, 4) is 11.5 Å². The summed E-state index contributed by atoms with van der Waals surface area (Å²) < 4.78 is 11.5. The van der Waals surface area contributed by atoms with Crippen LogP contribution in [0, 0.1) is 5.41 Å². The van der Waals surface area contributed by atoms with Gasteiger partial charge >= 0.3 is 0 Å². The molecule has 3 nitrogen and oxygen atoms in total. The van der Waals surface area contributed by atoms with Crippen molar-refractivity contribution < 1.29 is 9.47 Å². The molecular weight excluding hydrogens is 238 g/mol. The smallest absolute Gasteiger partial charge is 0.124 e. The third-order valence-electron chi connectivity index (χ3n) is 3.73. The summed E-state index contributed by atoms with van der Waals surface area (Å²) in [6.07, 6.45) is 1.23. The Bertz CT molecular complexity index is 437. The maximum absolute atomic E-state index is 6.18. The maximum atomic E-state index is 6.18. The van der Waals surface area contributed by atoms with Crippen molar-refractivity contribution >= 4 is 0 Å². The van der Waals surface area contributed by atoms with E-state index in [1.807, 2.05) is 12.1 Å². The molecule has 1 aromatic rings. The fourth-order valence-electron chi connectivity index (χ4n) is 2.55. The van der Waals surface area contributed by atoms with Gasteiger partial charge in [-0.2, -0.15) is 0 Å². The second-order valence-electron chi connectivity index (χ2n) is 6.22. The molecule has 0 aromatic heterocycles. The van der Waals surface area contributed by atoms with Gasteiger partial charge in [-0.1, -0.05) is 27.7 Å². The van der Waals surface area contributed by atoms with Gasteiger partial charge in [0.1, 0.15) is 17.6 Å². The number of hydrogen-bond donors (Lipinski definition) is 1. The Morgan fingerprint density at radius 2 is 2.11 bits per heavy atom. The lowest BCUT2D eigenvalue weighted by atomic mass is 9.82. The van der Waals surface area contributed by atoms with Crippen molar-refractivity contribution in [2.24, 2.45) is 5.41 Å². The van der Waals surface area contributed by atoms with Crippen LogP contribution in [0.1, 0.15) is 45.7 Å². The molecule has 106 valence electrons. The summed E-state index contributed by atoms with van der Waals surface area (Å²) in [5.41, 5.74) is 1.35. The molecule has 1 aliphatic rings. The molecule has 0 saturated carbocycles. The highest BCUT2D eigenvalue weighted by Gasteiger charge is 2.35. The van der Waals surface area contributed by atoms with Crippen LogP contribution in [-0.2, 0) is 0 Å². The van der Waals surface area contributed by atoms with Gasteiger partial charge in [0.25, 0.3) is 0 Å². The monoisotopic (exact) mass is 263 g/mol. The van der Waals surface area contributed by atoms with Gasteiger partial charge in [0, 0.05) is 18.0 Å². The van der Waals surface area contributed by atoms with E-state index in [9.17, 15) is 0 Å². The van der Waals surface area contributed by atoms with Crippen LogP contribution in [0.2, 0.25) is 0 Å². The average molecular weight is 263 g/mol. The molecule has 1 aromatic carbocycles. The van der Waals surface area contributed by atoms with E-state index < -0.39 is 0 Å². The molecule has 2 atom stereocenters. The van der Waals surface area contributed by atoms with Crippen LogP contribution in [0.25, 0.3) is 0 Å². The second kappa shape index (κ2) is 5.41. The largest absolute Gasteiger partial charge is 0.497 e. The molecule has 0 amide bonds. The first-order valence-corrected chi connectivity index (χ1v) is 7.03. The van der Waals surface area contributed by atoms with Crippen LogP contribution >= 0.6 is 0 Å². The molecule has 0 saturated heterocycles. The minimum atomic E-state index is 0.144. The number of hydrogen-bond acceptors (Lipinski definition) is 3. The van der Waals surface area contributed by atoms with Crippen molar-refractivity contribution in [1.82, 2.24) is 5.32 Å². The summed E-state index contributed by atoms with van der Waals surface area (Å²) in [6, 6.07) is 6.42. The molecule has 1 aliphatic heterocycles. The van der Waals surface area contributed by atoms with Crippen LogP contribution in [0.5, 0.6) is 11.5 Å². The summed E-state index contributed by atoms with van der Waals surface area (Å²) in [6.45, 7) is 9.79. The number of methoxy groups -OCH3 is 1. The van der Waals surface area contributed by atoms with Gasteiger partial charge in [-0.15, -0.1) is 0 Å². The summed E-state index contributed by atoms with van der Waals surface area (Å²) in [4.78, 5) is 0. The van der Waals surface area contributed by atoms with Gasteiger partial charge in [0.2, 0.25) is 0 Å². The first-order chi connectivity index (χ1) is 8.95. The molecule has 1 heterocycles. The van der Waals surface area contributed by atoms with Gasteiger partial charge in [0.15, 0.2) is 0 Å². The molecule has 0 fully saturated rings. The van der Waals surface area contributed by atoms with Crippen molar-refractivity contribution in [1.29, 1.82) is 0 Å². The molecule has 0 spiro atoms. The molecule has 0 radical (unpaired) electrons. The van der Waals surface area contributed by atoms with E-state index in [0.29, 0.717) is 6.04 Å². The van der Waals surface area contributed by atoms with Crippen LogP contribution in [0.4, 0.5) is 0 Å². The summed E-state index contributed by atoms with van der Waals surface area (Å²) in [5.74, 6) is 1.87. The van der Waals surface area contributed by atoms with Crippen LogP contribution in [-0.4, -0.2) is 19.8 Å². The van der Waals surface area contributed by atoms with Crippen molar-refractivity contribution in [2.45, 2.75) is 46.3 Å². The summed E-state index contributed by atoms with van der Waals surface area (Å²) in [7, 11) is 1.70. The number of fused-ring (bicyclic) bond motifs is 1. The van der Waals surface area contributed by atoms with Crippen molar-refractivity contribution in [3.63, 3.8) is 0 Å². The first-order valence-electron chi connectivity index (χ1n) is 7.03. The highest BCUT2D eigenvalue weighted by Crippen LogP contribution is 2.41. The average Bonchev–Trinajstić information content (AvgIpc) is 2.37. The van der Waals surface area contributed by atoms with Gasteiger partial charge in [-0.3, -0.25) is 0 Å². The number of ether oxygens (including phenoxy) is 2. The zero-order valence-electron chi connectivity index (χ0n) is 12.6. The first kappa shape index (κ1) is 14.2. The van der Waals surface area contributed by atoms with Crippen LogP contribution in [0.3, 0.4) is 0 Å². The van der Waals surface area contributed by atoms with E-state index in [1.165, 1.54) is 5.56 Å². The Balaban J connectivity index is 2.34. The fourth-order valence-corrected chi connectivity index (χ4v) is 2.55. The summed E-state index contributed by atoms with van der Waals surface area (Å²) in [5, 5.41) is 3.56. The quantitative estimate of drug-likeness (QED) is 0.904. The van der Waals surface area contributed by atoms with E-state index in [0.717, 1.165) is 24.5 Å². The Hall–Kier alpha value is -1.22. The Morgan fingerprint density at radius 1 is 1.37 bits per heavy atom. The van der Waals surface area contributed by atoms with Gasteiger partial charge in [-0.05, 0) is 30.2 Å². The lowest BCUT2D eigenvalue weighted by Gasteiger charge is -2.39. The highest BCUT2D eigenvalue weighted by atomic mass is 16.5. The zero-order valence-corrected chi connectivity index (χ0v) is 12.6. The second-order valence-corrected chi connectivity index (χ2v) is 6.22. The minimum Gasteiger partial charge on any atom is -0.497 e. The lowest BCUT2D eigenvalue weighted by molar-refractivity contribution is 0.0530. The topological polar surface area (TPSA) is 30.5 Å². The lowest BCUT2D eigenvalue weighted by Crippen LogP contribution is -2.40. The van der Waals surface area contributed by atoms with Gasteiger partial charge in [0.05, 0.1) is 7.11 Å². The molecule has 0 aliphatic carbocycles. The minimum absolute atomic E-state index is 0.144. The highest BCUT2D eigenvalue weighted by molar-refractivity contribution is 5.44. The third kappa shape index (κ3) is 3.03. The van der Waals surface area contributed by atoms with E-state index in [2.05, 4.69) is 39.1 Å². The Kier molecular flexibility index (Phi) is 4.04. The van der Waals surface area contributed by atoms with Gasteiger partial charge < -0.3 is 14.8 Å². The zero-order chi connectivity index (χ0) is 14.0. The van der Waals surface area contributed by atoms with Crippen molar-refractivity contribution in [2.75, 3.05) is 13.7 Å². The summed E-state index contributed by atoms with van der Waals surface area (Å²) >= 11 is 0. The molecule has 2 unspecified atom stereocenters. The Labute approximate surface area is 116 Å². The van der Waals surface area contributed by atoms with Crippen LogP contribution < -0.4 is 14.8 Å². The maximum Gasteiger partial charge on any atom is 0.124 e.